The number of amides is 1. The molecule has 10 nitrogen and oxygen atoms in total. The number of pyridine rings is 1. The molecule has 0 radical (unpaired) electrons. The van der Waals surface area contributed by atoms with Gasteiger partial charge in [0.05, 0.1) is 11.1 Å². The van der Waals surface area contributed by atoms with Crippen LogP contribution in [0.2, 0.25) is 0 Å². The molecule has 1 aromatic heterocycles. The summed E-state index contributed by atoms with van der Waals surface area (Å²) in [4.78, 5) is 21.9. The van der Waals surface area contributed by atoms with E-state index in [1.807, 2.05) is 27.7 Å². The van der Waals surface area contributed by atoms with E-state index in [1.54, 1.807) is 14.1 Å². The second kappa shape index (κ2) is 11.8. The van der Waals surface area contributed by atoms with E-state index in [4.69, 9.17) is 11.5 Å². The molecule has 1 saturated carbocycles. The van der Waals surface area contributed by atoms with Gasteiger partial charge in [-0.25, -0.2) is 13.4 Å². The molecule has 0 saturated heterocycles. The van der Waals surface area contributed by atoms with Crippen LogP contribution in [-0.4, -0.2) is 54.9 Å². The maximum atomic E-state index is 13.1. The van der Waals surface area contributed by atoms with Gasteiger partial charge in [0.2, 0.25) is 15.9 Å². The lowest BCUT2D eigenvalue weighted by atomic mass is 9.98. The molecular weight excluding hydrogens is 444 g/mol. The third-order valence-electron chi connectivity index (χ3n) is 4.96. The highest BCUT2D eigenvalue weighted by Crippen LogP contribution is 2.35. The Morgan fingerprint density at radius 2 is 1.70 bits per heavy atom. The predicted octanol–water partition coefficient (Wildman–Crippen LogP) is 2.58. The van der Waals surface area contributed by atoms with Gasteiger partial charge in [0.25, 0.3) is 0 Å². The standard InChI is InChI=1S/C18H24N6O4S.2C2H6/c1-24(2)16(26)18(7-3-4-8-18)23-29(27,28)11-5-6-12-13(9-11)15(22-17(19)20)21-10-14(12)25;2*1-2/h5-6,9-10,23,25H,3-4,7-8H2,1-2H3,(H4,19,20,21,22);2*1-2H3. The molecule has 0 spiro atoms. The molecule has 3 rings (SSSR count). The van der Waals surface area contributed by atoms with Crippen LogP contribution < -0.4 is 16.2 Å². The Morgan fingerprint density at radius 3 is 2.21 bits per heavy atom. The van der Waals surface area contributed by atoms with E-state index in [1.165, 1.54) is 29.3 Å². The fourth-order valence-electron chi connectivity index (χ4n) is 3.65. The molecule has 0 bridgehead atoms. The van der Waals surface area contributed by atoms with E-state index in [0.29, 0.717) is 18.2 Å². The van der Waals surface area contributed by atoms with Crippen LogP contribution in [0.1, 0.15) is 53.4 Å². The molecule has 1 amide bonds. The average Bonchev–Trinajstić information content (AvgIpc) is 3.26. The first-order valence-corrected chi connectivity index (χ1v) is 12.5. The van der Waals surface area contributed by atoms with Gasteiger partial charge in [0.1, 0.15) is 11.3 Å². The van der Waals surface area contributed by atoms with Crippen LogP contribution in [-0.2, 0) is 14.8 Å². The molecule has 1 aliphatic rings. The summed E-state index contributed by atoms with van der Waals surface area (Å²) in [5.74, 6) is -0.589. The van der Waals surface area contributed by atoms with E-state index in [0.717, 1.165) is 12.8 Å². The zero-order valence-electron chi connectivity index (χ0n) is 20.2. The molecule has 1 aliphatic carbocycles. The number of hydrogen-bond donors (Lipinski definition) is 4. The topological polar surface area (TPSA) is 164 Å². The maximum Gasteiger partial charge on any atom is 0.243 e. The fourth-order valence-corrected chi connectivity index (χ4v) is 5.10. The Morgan fingerprint density at radius 1 is 1.12 bits per heavy atom. The van der Waals surface area contributed by atoms with Gasteiger partial charge in [-0.15, -0.1) is 0 Å². The fraction of sp³-hybridized carbons (Fsp3) is 0.500. The molecular formula is C22H36N6O4S. The number of carbonyl (C=O) groups is 1. The highest BCUT2D eigenvalue weighted by Gasteiger charge is 2.45. The van der Waals surface area contributed by atoms with Crippen molar-refractivity contribution in [1.29, 1.82) is 0 Å². The maximum absolute atomic E-state index is 13.1. The Labute approximate surface area is 196 Å². The lowest BCUT2D eigenvalue weighted by molar-refractivity contribution is -0.134. The van der Waals surface area contributed by atoms with Gasteiger partial charge in [-0.05, 0) is 31.0 Å². The van der Waals surface area contributed by atoms with Crippen LogP contribution in [0.25, 0.3) is 10.8 Å². The summed E-state index contributed by atoms with van der Waals surface area (Å²) in [6.07, 6.45) is 3.55. The second-order valence-electron chi connectivity index (χ2n) is 7.31. The van der Waals surface area contributed by atoms with Crippen molar-refractivity contribution in [3.8, 4) is 5.75 Å². The molecule has 184 valence electrons. The zero-order valence-corrected chi connectivity index (χ0v) is 21.0. The number of likely N-dealkylation sites (N-methyl/N-ethyl adjacent to an activating group) is 1. The summed E-state index contributed by atoms with van der Waals surface area (Å²) in [5, 5.41) is 10.7. The largest absolute Gasteiger partial charge is 0.506 e. The Hall–Kier alpha value is -2.92. The summed E-state index contributed by atoms with van der Waals surface area (Å²) in [7, 11) is -0.848. The highest BCUT2D eigenvalue weighted by atomic mass is 32.2. The number of hydrogen-bond acceptors (Lipinski definition) is 6. The lowest BCUT2D eigenvalue weighted by Gasteiger charge is -2.31. The van der Waals surface area contributed by atoms with Crippen LogP contribution in [0.15, 0.2) is 34.3 Å². The minimum absolute atomic E-state index is 0.0785. The molecule has 0 unspecified atom stereocenters. The van der Waals surface area contributed by atoms with E-state index in [9.17, 15) is 18.3 Å². The van der Waals surface area contributed by atoms with E-state index >= 15 is 0 Å². The smallest absolute Gasteiger partial charge is 0.243 e. The number of guanidine groups is 1. The second-order valence-corrected chi connectivity index (χ2v) is 8.99. The van der Waals surface area contributed by atoms with Crippen molar-refractivity contribution in [1.82, 2.24) is 14.6 Å². The number of nitrogens with two attached hydrogens (primary N) is 2. The highest BCUT2D eigenvalue weighted by molar-refractivity contribution is 7.89. The third-order valence-corrected chi connectivity index (χ3v) is 6.50. The van der Waals surface area contributed by atoms with Gasteiger partial charge in [-0.3, -0.25) is 4.79 Å². The lowest BCUT2D eigenvalue weighted by Crippen LogP contribution is -2.56. The third kappa shape index (κ3) is 6.32. The molecule has 11 heteroatoms. The summed E-state index contributed by atoms with van der Waals surface area (Å²) in [6.45, 7) is 8.00. The SMILES string of the molecule is CC.CC.CN(C)C(=O)C1(NS(=O)(=O)c2ccc3c(O)cnc(N=C(N)N)c3c2)CCCC1. The number of fused-ring (bicyclic) bond motifs is 1. The number of nitrogens with zero attached hydrogens (tertiary/aromatic N) is 3. The normalized spacial score (nSPS) is 14.4. The van der Waals surface area contributed by atoms with Crippen molar-refractivity contribution in [2.24, 2.45) is 16.5 Å². The van der Waals surface area contributed by atoms with Crippen molar-refractivity contribution in [2.45, 2.75) is 63.8 Å². The van der Waals surface area contributed by atoms with Crippen molar-refractivity contribution < 1.29 is 18.3 Å². The molecule has 0 atom stereocenters. The number of sulfonamides is 1. The molecule has 33 heavy (non-hydrogen) atoms. The summed E-state index contributed by atoms with van der Waals surface area (Å²) >= 11 is 0. The van der Waals surface area contributed by atoms with Gasteiger partial charge in [-0.1, -0.05) is 40.5 Å². The Kier molecular flexibility index (Phi) is 10.1. The predicted molar refractivity (Wildman–Crippen MR) is 132 cm³/mol. The summed E-state index contributed by atoms with van der Waals surface area (Å²) < 4.78 is 28.9. The van der Waals surface area contributed by atoms with Crippen LogP contribution in [0, 0.1) is 0 Å². The number of rotatable bonds is 5. The van der Waals surface area contributed by atoms with E-state index in [-0.39, 0.29) is 33.7 Å². The van der Waals surface area contributed by atoms with Crippen molar-refractivity contribution in [3.05, 3.63) is 24.4 Å². The number of aromatic hydroxyl groups is 1. The number of carbonyl (C=O) groups excluding carboxylic acids is 1. The number of aliphatic imine (C=N–C) groups is 1. The molecule has 1 aromatic carbocycles. The molecule has 2 aromatic rings. The first-order chi connectivity index (χ1) is 15.6. The van der Waals surface area contributed by atoms with Crippen LogP contribution in [0.4, 0.5) is 5.82 Å². The minimum Gasteiger partial charge on any atom is -0.506 e. The van der Waals surface area contributed by atoms with Gasteiger partial charge in [0, 0.05) is 24.9 Å². The Bertz CT molecular complexity index is 1090. The molecule has 0 aliphatic heterocycles. The van der Waals surface area contributed by atoms with Gasteiger partial charge >= 0.3 is 0 Å². The van der Waals surface area contributed by atoms with Gasteiger partial charge in [-0.2, -0.15) is 9.71 Å². The van der Waals surface area contributed by atoms with Crippen LogP contribution in [0.5, 0.6) is 5.75 Å². The Balaban J connectivity index is 0.00000129. The van der Waals surface area contributed by atoms with Crippen LogP contribution >= 0.6 is 0 Å². The quantitative estimate of drug-likeness (QED) is 0.377. The molecule has 6 N–H and O–H groups in total. The number of aromatic nitrogens is 1. The van der Waals surface area contributed by atoms with Gasteiger partial charge < -0.3 is 21.5 Å². The van der Waals surface area contributed by atoms with Crippen molar-refractivity contribution in [2.75, 3.05) is 14.1 Å². The monoisotopic (exact) mass is 480 g/mol. The first kappa shape index (κ1) is 28.1. The van der Waals surface area contributed by atoms with Crippen molar-refractivity contribution >= 4 is 38.5 Å². The van der Waals surface area contributed by atoms with E-state index < -0.39 is 15.6 Å². The average molecular weight is 481 g/mol. The minimum atomic E-state index is -4.05. The molecule has 1 heterocycles. The number of benzene rings is 1. The van der Waals surface area contributed by atoms with Crippen LogP contribution in [0.3, 0.4) is 0 Å². The number of nitrogens with one attached hydrogen (secondary N) is 1. The van der Waals surface area contributed by atoms with E-state index in [2.05, 4.69) is 14.7 Å². The summed E-state index contributed by atoms with van der Waals surface area (Å²) in [5.41, 5.74) is 9.67. The van der Waals surface area contributed by atoms with Gasteiger partial charge in [0.15, 0.2) is 11.8 Å². The summed E-state index contributed by atoms with van der Waals surface area (Å²) in [6, 6.07) is 4.13. The zero-order chi connectivity index (χ0) is 25.4. The first-order valence-electron chi connectivity index (χ1n) is 11.0. The molecule has 1 fully saturated rings. The van der Waals surface area contributed by atoms with Crippen molar-refractivity contribution in [3.63, 3.8) is 0 Å².